The number of carbonyl (C=O) groups is 1. The monoisotopic (exact) mass is 367 g/mol. The first-order valence-electron chi connectivity index (χ1n) is 7.81. The van der Waals surface area contributed by atoms with E-state index in [1.165, 1.54) is 0 Å². The van der Waals surface area contributed by atoms with Crippen molar-refractivity contribution in [1.82, 2.24) is 15.2 Å². The Hall–Kier alpha value is -1.35. The van der Waals surface area contributed by atoms with E-state index in [2.05, 4.69) is 29.3 Å². The number of nitrogens with one attached hydrogen (secondary N) is 1. The number of carboxylic acid groups (broad SMARTS) is 1. The quantitative estimate of drug-likeness (QED) is 0.728. The lowest BCUT2D eigenvalue weighted by atomic mass is 10.3. The lowest BCUT2D eigenvalue weighted by Gasteiger charge is -2.10. The fraction of sp³-hybridized carbons (Fsp3) is 0.500. The molecule has 2 unspecified atom stereocenters. The molecule has 2 heterocycles. The summed E-state index contributed by atoms with van der Waals surface area (Å²) in [4.78, 5) is 17.8. The van der Waals surface area contributed by atoms with Crippen LogP contribution in [0.5, 0.6) is 5.75 Å². The third kappa shape index (κ3) is 4.18. The number of hydrogen-bond donors (Lipinski definition) is 2. The zero-order valence-corrected chi connectivity index (χ0v) is 15.3. The van der Waals surface area contributed by atoms with Crippen LogP contribution >= 0.6 is 23.1 Å². The highest BCUT2D eigenvalue weighted by atomic mass is 32.2. The second kappa shape index (κ2) is 7.69. The number of thiazole rings is 1. The fourth-order valence-corrected chi connectivity index (χ4v) is 4.82. The van der Waals surface area contributed by atoms with E-state index in [9.17, 15) is 4.79 Å². The van der Waals surface area contributed by atoms with Crippen LogP contribution in [0.2, 0.25) is 0 Å². The maximum Gasteiger partial charge on any atom is 0.321 e. The van der Waals surface area contributed by atoms with Gasteiger partial charge in [0.05, 0.1) is 16.8 Å². The summed E-state index contributed by atoms with van der Waals surface area (Å²) in [5.74, 6) is 0.613. The lowest BCUT2D eigenvalue weighted by molar-refractivity contribution is -0.138. The third-order valence-corrected chi connectivity index (χ3v) is 6.15. The second-order valence-electron chi connectivity index (χ2n) is 5.96. The fourth-order valence-electron chi connectivity index (χ4n) is 2.45. The summed E-state index contributed by atoms with van der Waals surface area (Å²) >= 11 is 3.18. The number of aliphatic carboxylic acids is 1. The van der Waals surface area contributed by atoms with E-state index in [0.29, 0.717) is 12.4 Å². The maximum atomic E-state index is 11.1. The highest BCUT2D eigenvalue weighted by Crippen LogP contribution is 2.37. The zero-order chi connectivity index (χ0) is 17.1. The van der Waals surface area contributed by atoms with Crippen molar-refractivity contribution in [1.29, 1.82) is 0 Å². The van der Waals surface area contributed by atoms with E-state index in [0.717, 1.165) is 33.9 Å². The predicted molar refractivity (Wildman–Crippen MR) is 98.0 cm³/mol. The van der Waals surface area contributed by atoms with Gasteiger partial charge in [0.1, 0.15) is 22.2 Å². The van der Waals surface area contributed by atoms with Crippen LogP contribution in [0.15, 0.2) is 18.2 Å². The largest absolute Gasteiger partial charge is 0.493 e. The molecule has 130 valence electrons. The average Bonchev–Trinajstić information content (AvgIpc) is 3.17. The minimum absolute atomic E-state index is 0.0482. The van der Waals surface area contributed by atoms with E-state index < -0.39 is 12.0 Å². The highest BCUT2D eigenvalue weighted by molar-refractivity contribution is 7.99. The number of carboxylic acids is 1. The van der Waals surface area contributed by atoms with Crippen LogP contribution in [0.3, 0.4) is 0 Å². The van der Waals surface area contributed by atoms with Crippen LogP contribution in [-0.2, 0) is 4.79 Å². The summed E-state index contributed by atoms with van der Waals surface area (Å²) in [6.45, 7) is 1.69. The van der Waals surface area contributed by atoms with Crippen molar-refractivity contribution >= 4 is 39.3 Å². The van der Waals surface area contributed by atoms with Gasteiger partial charge in [0, 0.05) is 12.3 Å². The molecule has 2 N–H and O–H groups in total. The van der Waals surface area contributed by atoms with Gasteiger partial charge in [-0.05, 0) is 38.7 Å². The number of benzene rings is 1. The smallest absolute Gasteiger partial charge is 0.321 e. The lowest BCUT2D eigenvalue weighted by Crippen LogP contribution is -2.33. The van der Waals surface area contributed by atoms with Crippen LogP contribution in [0.1, 0.15) is 16.8 Å². The third-order valence-electron chi connectivity index (χ3n) is 3.70. The molecule has 0 aliphatic carbocycles. The Morgan fingerprint density at radius 1 is 1.50 bits per heavy atom. The molecule has 0 spiro atoms. The van der Waals surface area contributed by atoms with Crippen molar-refractivity contribution in [3.8, 4) is 5.75 Å². The van der Waals surface area contributed by atoms with E-state index in [4.69, 9.17) is 9.84 Å². The summed E-state index contributed by atoms with van der Waals surface area (Å²) in [5, 5.41) is 13.1. The van der Waals surface area contributed by atoms with E-state index in [1.807, 2.05) is 18.2 Å². The van der Waals surface area contributed by atoms with Gasteiger partial charge in [-0.2, -0.15) is 0 Å². The number of rotatable bonds is 7. The van der Waals surface area contributed by atoms with Crippen LogP contribution in [0, 0.1) is 0 Å². The van der Waals surface area contributed by atoms with Gasteiger partial charge in [-0.3, -0.25) is 10.1 Å². The molecule has 3 rings (SSSR count). The van der Waals surface area contributed by atoms with Gasteiger partial charge in [-0.25, -0.2) is 4.98 Å². The first kappa shape index (κ1) is 17.5. The number of fused-ring (bicyclic) bond motifs is 1. The summed E-state index contributed by atoms with van der Waals surface area (Å²) in [7, 11) is 4.10. The van der Waals surface area contributed by atoms with Crippen molar-refractivity contribution in [3.05, 3.63) is 23.2 Å². The van der Waals surface area contributed by atoms with Crippen molar-refractivity contribution in [3.63, 3.8) is 0 Å². The van der Waals surface area contributed by atoms with Crippen molar-refractivity contribution < 1.29 is 14.6 Å². The van der Waals surface area contributed by atoms with Crippen LogP contribution in [0.25, 0.3) is 10.2 Å². The van der Waals surface area contributed by atoms with Crippen LogP contribution in [0.4, 0.5) is 0 Å². The van der Waals surface area contributed by atoms with Crippen molar-refractivity contribution in [2.75, 3.05) is 33.0 Å². The molecule has 2 atom stereocenters. The summed E-state index contributed by atoms with van der Waals surface area (Å²) in [6.07, 6.45) is 0.984. The SMILES string of the molecule is CN(C)CCCOc1ccc2nc(C3NC(C(=O)O)CS3)sc2c1. The summed E-state index contributed by atoms with van der Waals surface area (Å²) in [5.41, 5.74) is 0.928. The highest BCUT2D eigenvalue weighted by Gasteiger charge is 2.32. The molecule has 1 fully saturated rings. The Balaban J connectivity index is 1.65. The molecule has 2 aromatic rings. The Kier molecular flexibility index (Phi) is 5.60. The molecule has 1 aliphatic rings. The van der Waals surface area contributed by atoms with Gasteiger partial charge < -0.3 is 14.7 Å². The second-order valence-corrected chi connectivity index (χ2v) is 8.16. The number of aromatic nitrogens is 1. The summed E-state index contributed by atoms with van der Waals surface area (Å²) in [6, 6.07) is 5.42. The Morgan fingerprint density at radius 2 is 2.33 bits per heavy atom. The van der Waals surface area contributed by atoms with Gasteiger partial charge in [0.25, 0.3) is 0 Å². The van der Waals surface area contributed by atoms with Crippen LogP contribution < -0.4 is 10.1 Å². The minimum Gasteiger partial charge on any atom is -0.493 e. The number of ether oxygens (including phenoxy) is 1. The average molecular weight is 367 g/mol. The molecule has 1 aliphatic heterocycles. The van der Waals surface area contributed by atoms with Crippen molar-refractivity contribution in [2.45, 2.75) is 17.8 Å². The van der Waals surface area contributed by atoms with Gasteiger partial charge in [-0.1, -0.05) is 0 Å². The molecule has 1 saturated heterocycles. The van der Waals surface area contributed by atoms with Gasteiger partial charge in [0.15, 0.2) is 0 Å². The number of nitrogens with zero attached hydrogens (tertiary/aromatic N) is 2. The molecule has 0 amide bonds. The molecule has 0 radical (unpaired) electrons. The molecular weight excluding hydrogens is 346 g/mol. The first-order valence-corrected chi connectivity index (χ1v) is 9.68. The van der Waals surface area contributed by atoms with Crippen LogP contribution in [-0.4, -0.2) is 60.0 Å². The van der Waals surface area contributed by atoms with E-state index in [1.54, 1.807) is 23.1 Å². The maximum absolute atomic E-state index is 11.1. The van der Waals surface area contributed by atoms with Gasteiger partial charge in [-0.15, -0.1) is 23.1 Å². The predicted octanol–water partition coefficient (Wildman–Crippen LogP) is 2.42. The van der Waals surface area contributed by atoms with Gasteiger partial charge >= 0.3 is 5.97 Å². The molecule has 8 heteroatoms. The Labute approximate surface area is 149 Å². The van der Waals surface area contributed by atoms with Gasteiger partial charge in [0.2, 0.25) is 0 Å². The number of hydrogen-bond acceptors (Lipinski definition) is 7. The zero-order valence-electron chi connectivity index (χ0n) is 13.7. The molecule has 0 saturated carbocycles. The van der Waals surface area contributed by atoms with Crippen molar-refractivity contribution in [2.24, 2.45) is 0 Å². The molecule has 24 heavy (non-hydrogen) atoms. The van der Waals surface area contributed by atoms with E-state index in [-0.39, 0.29) is 5.37 Å². The first-order chi connectivity index (χ1) is 11.5. The molecular formula is C16H21N3O3S2. The van der Waals surface area contributed by atoms with E-state index >= 15 is 0 Å². The molecule has 0 bridgehead atoms. The molecule has 1 aromatic carbocycles. The standard InChI is InChI=1S/C16H21N3O3S2/c1-19(2)6-3-7-22-10-4-5-11-13(8-10)24-15(17-11)14-18-12(9-23-14)16(20)21/h4-5,8,12,14,18H,3,6-7,9H2,1-2H3,(H,20,21). The minimum atomic E-state index is -0.806. The Morgan fingerprint density at radius 3 is 3.04 bits per heavy atom. The molecule has 6 nitrogen and oxygen atoms in total. The number of thioether (sulfide) groups is 1. The molecule has 1 aromatic heterocycles. The Bertz CT molecular complexity index is 720. The topological polar surface area (TPSA) is 74.7 Å². The normalized spacial score (nSPS) is 20.8. The summed E-state index contributed by atoms with van der Waals surface area (Å²) < 4.78 is 6.87.